The van der Waals surface area contributed by atoms with Gasteiger partial charge in [0.1, 0.15) is 17.8 Å². The Hall–Kier alpha value is -4.58. The van der Waals surface area contributed by atoms with Gasteiger partial charge in [-0.05, 0) is 41.5 Å². The van der Waals surface area contributed by atoms with Crippen LogP contribution < -0.4 is 5.56 Å². The summed E-state index contributed by atoms with van der Waals surface area (Å²) in [6.45, 7) is 0.171. The molecule has 34 heavy (non-hydrogen) atoms. The fraction of sp³-hybridized carbons (Fsp3) is 0.0714. The van der Waals surface area contributed by atoms with Crippen molar-refractivity contribution >= 4 is 17.1 Å². The molecule has 0 saturated heterocycles. The molecular weight excluding hydrogens is 426 g/mol. The largest absolute Gasteiger partial charge is 0.457 e. The Bertz CT molecular complexity index is 1510. The quantitative estimate of drug-likeness (QED) is 0.352. The Labute approximate surface area is 196 Å². The van der Waals surface area contributed by atoms with Gasteiger partial charge in [-0.2, -0.15) is 0 Å². The second-order valence-electron chi connectivity index (χ2n) is 7.82. The van der Waals surface area contributed by atoms with Crippen molar-refractivity contribution in [2.75, 3.05) is 0 Å². The third-order valence-corrected chi connectivity index (χ3v) is 5.45. The first-order valence-corrected chi connectivity index (χ1v) is 10.9. The highest BCUT2D eigenvalue weighted by molar-refractivity contribution is 5.90. The predicted molar refractivity (Wildman–Crippen MR) is 130 cm³/mol. The van der Waals surface area contributed by atoms with Crippen molar-refractivity contribution in [3.05, 3.63) is 136 Å². The Morgan fingerprint density at radius 2 is 1.56 bits per heavy atom. The summed E-state index contributed by atoms with van der Waals surface area (Å²) in [5.41, 5.74) is 3.93. The molecule has 0 amide bonds. The third-order valence-electron chi connectivity index (χ3n) is 5.45. The molecule has 0 aliphatic rings. The van der Waals surface area contributed by atoms with Crippen LogP contribution in [0.4, 0.5) is 0 Å². The molecule has 3 aromatic carbocycles. The minimum atomic E-state index is -0.463. The first kappa shape index (κ1) is 21.3. The van der Waals surface area contributed by atoms with Crippen LogP contribution in [0.15, 0.2) is 108 Å². The van der Waals surface area contributed by atoms with E-state index in [1.54, 1.807) is 36.5 Å². The zero-order chi connectivity index (χ0) is 23.3. The maximum atomic E-state index is 13.5. The summed E-state index contributed by atoms with van der Waals surface area (Å²) in [7, 11) is 0. The van der Waals surface area contributed by atoms with Gasteiger partial charge in [-0.15, -0.1) is 0 Å². The van der Waals surface area contributed by atoms with Gasteiger partial charge in [-0.3, -0.25) is 9.36 Å². The van der Waals surface area contributed by atoms with E-state index < -0.39 is 5.97 Å². The number of pyridine rings is 1. The number of rotatable bonds is 6. The summed E-state index contributed by atoms with van der Waals surface area (Å²) in [5, 5.41) is 0. The maximum Gasteiger partial charge on any atom is 0.338 e. The van der Waals surface area contributed by atoms with Gasteiger partial charge >= 0.3 is 5.97 Å². The zero-order valence-electron chi connectivity index (χ0n) is 18.3. The number of ether oxygens (including phenoxy) is 1. The number of carbonyl (C=O) groups is 1. The van der Waals surface area contributed by atoms with Gasteiger partial charge in [0.05, 0.1) is 11.3 Å². The maximum absolute atomic E-state index is 13.5. The second kappa shape index (κ2) is 9.50. The van der Waals surface area contributed by atoms with Crippen molar-refractivity contribution in [2.24, 2.45) is 0 Å². The number of carbonyl (C=O) groups excluding carboxylic acids is 1. The molecule has 0 aliphatic carbocycles. The lowest BCUT2D eigenvalue weighted by Crippen LogP contribution is -2.25. The van der Waals surface area contributed by atoms with Crippen molar-refractivity contribution in [3.8, 4) is 5.69 Å². The minimum absolute atomic E-state index is 0.171. The first-order valence-electron chi connectivity index (χ1n) is 10.9. The first-order chi connectivity index (χ1) is 16.7. The topological polar surface area (TPSA) is 74.1 Å². The van der Waals surface area contributed by atoms with Crippen LogP contribution in [0.1, 0.15) is 27.2 Å². The van der Waals surface area contributed by atoms with E-state index in [1.165, 1.54) is 4.57 Å². The molecule has 0 saturated carbocycles. The lowest BCUT2D eigenvalue weighted by atomic mass is 10.1. The molecular formula is C28H21N3O3. The predicted octanol–water partition coefficient (Wildman–Crippen LogP) is 4.73. The van der Waals surface area contributed by atoms with Crippen LogP contribution in [-0.4, -0.2) is 20.5 Å². The summed E-state index contributed by atoms with van der Waals surface area (Å²) < 4.78 is 6.98. The third kappa shape index (κ3) is 4.47. The van der Waals surface area contributed by atoms with Crippen molar-refractivity contribution in [3.63, 3.8) is 0 Å². The number of hydrogen-bond donors (Lipinski definition) is 0. The Kier molecular flexibility index (Phi) is 5.95. The zero-order valence-corrected chi connectivity index (χ0v) is 18.3. The Morgan fingerprint density at radius 1 is 0.824 bits per heavy atom. The van der Waals surface area contributed by atoms with E-state index in [1.807, 2.05) is 66.7 Å². The highest BCUT2D eigenvalue weighted by Crippen LogP contribution is 2.17. The molecule has 5 aromatic rings. The van der Waals surface area contributed by atoms with Gasteiger partial charge in [0.25, 0.3) is 5.56 Å². The molecule has 0 unspecified atom stereocenters. The molecule has 0 aliphatic heterocycles. The average molecular weight is 447 g/mol. The lowest BCUT2D eigenvalue weighted by molar-refractivity contribution is 0.0472. The van der Waals surface area contributed by atoms with E-state index in [4.69, 9.17) is 4.74 Å². The van der Waals surface area contributed by atoms with Crippen LogP contribution in [0.3, 0.4) is 0 Å². The number of aromatic nitrogens is 3. The highest BCUT2D eigenvalue weighted by atomic mass is 16.5. The lowest BCUT2D eigenvalue weighted by Gasteiger charge is -2.13. The van der Waals surface area contributed by atoms with Gasteiger partial charge in [-0.1, -0.05) is 66.7 Å². The number of fused-ring (bicyclic) bond motifs is 1. The molecule has 0 N–H and O–H groups in total. The molecule has 2 aromatic heterocycles. The Balaban J connectivity index is 1.53. The monoisotopic (exact) mass is 447 g/mol. The van der Waals surface area contributed by atoms with E-state index in [9.17, 15) is 9.59 Å². The van der Waals surface area contributed by atoms with Crippen LogP contribution in [0.2, 0.25) is 0 Å². The fourth-order valence-corrected chi connectivity index (χ4v) is 3.79. The molecule has 6 nitrogen and oxygen atoms in total. The summed E-state index contributed by atoms with van der Waals surface area (Å²) in [6.07, 6.45) is 2.01. The van der Waals surface area contributed by atoms with E-state index >= 15 is 0 Å². The van der Waals surface area contributed by atoms with Crippen molar-refractivity contribution in [1.29, 1.82) is 0 Å². The van der Waals surface area contributed by atoms with Crippen molar-refractivity contribution in [2.45, 2.75) is 13.0 Å². The summed E-state index contributed by atoms with van der Waals surface area (Å²) in [4.78, 5) is 35.2. The van der Waals surface area contributed by atoms with E-state index in [0.29, 0.717) is 34.5 Å². The van der Waals surface area contributed by atoms with Crippen LogP contribution in [-0.2, 0) is 17.8 Å². The molecule has 6 heteroatoms. The molecule has 0 bridgehead atoms. The standard InChI is InChI=1S/C28H21N3O3/c32-27-25(17-20-9-3-1-4-10-20)30-24-15-8-16-29-26(24)31(27)23-14-7-13-22(18-23)28(33)34-19-21-11-5-2-6-12-21/h1-16,18H,17,19H2. The fourth-order valence-electron chi connectivity index (χ4n) is 3.79. The van der Waals surface area contributed by atoms with Gasteiger partial charge in [-0.25, -0.2) is 14.8 Å². The summed E-state index contributed by atoms with van der Waals surface area (Å²) in [5.74, 6) is -0.463. The minimum Gasteiger partial charge on any atom is -0.457 e. The van der Waals surface area contributed by atoms with Crippen LogP contribution >= 0.6 is 0 Å². The van der Waals surface area contributed by atoms with Gasteiger partial charge in [0.2, 0.25) is 0 Å². The summed E-state index contributed by atoms with van der Waals surface area (Å²) >= 11 is 0. The highest BCUT2D eigenvalue weighted by Gasteiger charge is 2.16. The van der Waals surface area contributed by atoms with Crippen molar-refractivity contribution in [1.82, 2.24) is 14.5 Å². The SMILES string of the molecule is O=C(OCc1ccccc1)c1cccc(-n2c(=O)c(Cc3ccccc3)nc3cccnc32)c1. The van der Waals surface area contributed by atoms with Crippen LogP contribution in [0.5, 0.6) is 0 Å². The smallest absolute Gasteiger partial charge is 0.338 e. The number of hydrogen-bond acceptors (Lipinski definition) is 5. The molecule has 0 radical (unpaired) electrons. The molecule has 166 valence electrons. The van der Waals surface area contributed by atoms with Crippen LogP contribution in [0.25, 0.3) is 16.9 Å². The van der Waals surface area contributed by atoms with E-state index in [-0.39, 0.29) is 12.2 Å². The molecule has 0 spiro atoms. The van der Waals surface area contributed by atoms with E-state index in [0.717, 1.165) is 11.1 Å². The average Bonchev–Trinajstić information content (AvgIpc) is 2.89. The van der Waals surface area contributed by atoms with Crippen LogP contribution in [0, 0.1) is 0 Å². The molecule has 2 heterocycles. The van der Waals surface area contributed by atoms with Gasteiger partial charge in [0.15, 0.2) is 5.65 Å². The Morgan fingerprint density at radius 3 is 2.32 bits per heavy atom. The van der Waals surface area contributed by atoms with Gasteiger partial charge in [0, 0.05) is 12.6 Å². The van der Waals surface area contributed by atoms with Gasteiger partial charge < -0.3 is 4.74 Å². The summed E-state index contributed by atoms with van der Waals surface area (Å²) in [6, 6.07) is 29.6. The van der Waals surface area contributed by atoms with Crippen molar-refractivity contribution < 1.29 is 9.53 Å². The molecule has 5 rings (SSSR count). The molecule has 0 atom stereocenters. The van der Waals surface area contributed by atoms with E-state index in [2.05, 4.69) is 9.97 Å². The number of esters is 1. The molecule has 0 fully saturated rings. The number of benzene rings is 3. The normalized spacial score (nSPS) is 10.8. The number of nitrogens with zero attached hydrogens (tertiary/aromatic N) is 3. The second-order valence-corrected chi connectivity index (χ2v) is 7.82.